The quantitative estimate of drug-likeness (QED) is 0.608. The summed E-state index contributed by atoms with van der Waals surface area (Å²) in [4.78, 5) is 3.91. The Labute approximate surface area is 114 Å². The lowest BCUT2D eigenvalue weighted by atomic mass is 9.82. The summed E-state index contributed by atoms with van der Waals surface area (Å²) in [6, 6.07) is 3.31. The van der Waals surface area contributed by atoms with Crippen LogP contribution in [0, 0.1) is 5.95 Å². The summed E-state index contributed by atoms with van der Waals surface area (Å²) >= 11 is 0. The van der Waals surface area contributed by atoms with Gasteiger partial charge in [0.25, 0.3) is 0 Å². The highest BCUT2D eigenvalue weighted by molar-refractivity contribution is 6.61. The molecule has 1 aliphatic heterocycles. The van der Waals surface area contributed by atoms with Gasteiger partial charge in [-0.2, -0.15) is 4.39 Å². The summed E-state index contributed by atoms with van der Waals surface area (Å²) < 4.78 is 25.4. The predicted molar refractivity (Wildman–Crippen MR) is 74.0 cm³/mol. The predicted octanol–water partition coefficient (Wildman–Crippen LogP) is 2.64. The molecule has 0 amide bonds. The van der Waals surface area contributed by atoms with E-state index in [0.717, 1.165) is 5.56 Å². The summed E-state index contributed by atoms with van der Waals surface area (Å²) in [7, 11) is -0.613. The third-order valence-electron chi connectivity index (χ3n) is 4.00. The first kappa shape index (κ1) is 14.5. The van der Waals surface area contributed by atoms with Crippen LogP contribution in [0.3, 0.4) is 0 Å². The molecular weight excluding hydrogens is 244 g/mol. The van der Waals surface area contributed by atoms with Crippen LogP contribution in [0.4, 0.5) is 4.39 Å². The van der Waals surface area contributed by atoms with Crippen LogP contribution in [0.2, 0.25) is 0 Å². The molecule has 1 aromatic rings. The number of aromatic nitrogens is 1. The van der Waals surface area contributed by atoms with Crippen molar-refractivity contribution < 1.29 is 13.7 Å². The Kier molecular flexibility index (Phi) is 3.48. The van der Waals surface area contributed by atoms with Crippen LogP contribution in [-0.2, 0) is 9.31 Å². The van der Waals surface area contributed by atoms with E-state index in [2.05, 4.69) is 4.98 Å². The van der Waals surface area contributed by atoms with Gasteiger partial charge < -0.3 is 9.31 Å². The smallest absolute Gasteiger partial charge is 0.398 e. The van der Waals surface area contributed by atoms with Crippen LogP contribution in [-0.4, -0.2) is 23.3 Å². The third-order valence-corrected chi connectivity index (χ3v) is 4.00. The van der Waals surface area contributed by atoms with E-state index in [0.29, 0.717) is 5.59 Å². The van der Waals surface area contributed by atoms with Gasteiger partial charge in [-0.25, -0.2) is 4.98 Å². The van der Waals surface area contributed by atoms with E-state index in [1.807, 2.05) is 47.6 Å². The second-order valence-corrected chi connectivity index (χ2v) is 6.39. The van der Waals surface area contributed by atoms with E-state index < -0.39 is 24.3 Å². The van der Waals surface area contributed by atoms with Crippen molar-refractivity contribution in [1.29, 1.82) is 0 Å². The summed E-state index contributed by atoms with van der Waals surface area (Å²) in [5.41, 5.74) is 0.521. The van der Waals surface area contributed by atoms with Gasteiger partial charge in [0, 0.05) is 0 Å². The van der Waals surface area contributed by atoms with E-state index >= 15 is 0 Å². The summed E-state index contributed by atoms with van der Waals surface area (Å²) in [5.74, 6) is -0.255. The lowest BCUT2D eigenvalue weighted by molar-refractivity contribution is 0.00578. The number of nitrogens with zero attached hydrogens (tertiary/aromatic N) is 1. The minimum atomic E-state index is -0.613. The molecule has 1 saturated heterocycles. The minimum Gasteiger partial charge on any atom is -0.398 e. The number of hydrogen-bond acceptors (Lipinski definition) is 3. The van der Waals surface area contributed by atoms with Crippen LogP contribution >= 0.6 is 0 Å². The maximum atomic E-state index is 13.6. The van der Waals surface area contributed by atoms with Crippen molar-refractivity contribution in [1.82, 2.24) is 4.98 Å². The molecule has 1 aromatic heterocycles. The standard InChI is InChI=1S/C14H21BFNO2/c1-9(2)10-7-11(17-12(16)8-10)15-18-13(3,4)14(5,6)19-15/h7-9H,1-6H3. The largest absolute Gasteiger partial charge is 0.514 e. The molecule has 104 valence electrons. The molecule has 0 unspecified atom stereocenters. The zero-order valence-corrected chi connectivity index (χ0v) is 12.5. The van der Waals surface area contributed by atoms with Gasteiger partial charge in [0.1, 0.15) is 0 Å². The highest BCUT2D eigenvalue weighted by Gasteiger charge is 2.52. The molecule has 5 heteroatoms. The lowest BCUT2D eigenvalue weighted by Gasteiger charge is -2.32. The Morgan fingerprint density at radius 2 is 1.63 bits per heavy atom. The molecular formula is C14H21BFNO2. The lowest BCUT2D eigenvalue weighted by Crippen LogP contribution is -2.41. The average Bonchev–Trinajstić information content (AvgIpc) is 2.47. The fourth-order valence-electron chi connectivity index (χ4n) is 1.96. The molecule has 2 heterocycles. The van der Waals surface area contributed by atoms with Crippen LogP contribution in [0.1, 0.15) is 53.0 Å². The molecule has 0 atom stereocenters. The summed E-state index contributed by atoms with van der Waals surface area (Å²) in [6.45, 7) is 11.9. The molecule has 0 saturated carbocycles. The molecule has 1 aliphatic rings. The van der Waals surface area contributed by atoms with Gasteiger partial charge in [-0.1, -0.05) is 13.8 Å². The van der Waals surface area contributed by atoms with E-state index in [1.165, 1.54) is 6.07 Å². The van der Waals surface area contributed by atoms with Crippen LogP contribution < -0.4 is 5.59 Å². The maximum absolute atomic E-state index is 13.6. The Morgan fingerprint density at radius 3 is 2.11 bits per heavy atom. The average molecular weight is 265 g/mol. The van der Waals surface area contributed by atoms with Crippen molar-refractivity contribution >= 4 is 12.7 Å². The zero-order valence-electron chi connectivity index (χ0n) is 12.5. The van der Waals surface area contributed by atoms with Gasteiger partial charge in [0.15, 0.2) is 0 Å². The Morgan fingerprint density at radius 1 is 1.11 bits per heavy atom. The molecule has 0 radical (unpaired) electrons. The van der Waals surface area contributed by atoms with Gasteiger partial charge in [-0.3, -0.25) is 0 Å². The number of rotatable bonds is 2. The SMILES string of the molecule is CC(C)c1cc(F)nc(B2OC(C)(C)C(C)(C)O2)c1. The number of pyridine rings is 1. The monoisotopic (exact) mass is 265 g/mol. The normalized spacial score (nSPS) is 21.2. The van der Waals surface area contributed by atoms with Gasteiger partial charge in [-0.15, -0.1) is 0 Å². The molecule has 19 heavy (non-hydrogen) atoms. The first-order valence-corrected chi connectivity index (χ1v) is 6.65. The highest BCUT2D eigenvalue weighted by atomic mass is 19.1. The Balaban J connectivity index is 2.34. The van der Waals surface area contributed by atoms with Crippen molar-refractivity contribution in [2.75, 3.05) is 0 Å². The van der Waals surface area contributed by atoms with E-state index in [9.17, 15) is 4.39 Å². The molecule has 0 spiro atoms. The zero-order chi connectivity index (χ0) is 14.4. The molecule has 0 bridgehead atoms. The van der Waals surface area contributed by atoms with Crippen molar-refractivity contribution in [3.05, 3.63) is 23.6 Å². The molecule has 1 fully saturated rings. The molecule has 2 rings (SSSR count). The Hall–Kier alpha value is -0.935. The summed E-state index contributed by atoms with van der Waals surface area (Å²) in [6.07, 6.45) is 0. The van der Waals surface area contributed by atoms with Crippen molar-refractivity contribution in [3.8, 4) is 0 Å². The maximum Gasteiger partial charge on any atom is 0.514 e. The minimum absolute atomic E-state index is 0.235. The molecule has 3 nitrogen and oxygen atoms in total. The third kappa shape index (κ3) is 2.67. The van der Waals surface area contributed by atoms with E-state index in [1.54, 1.807) is 0 Å². The van der Waals surface area contributed by atoms with Gasteiger partial charge >= 0.3 is 7.12 Å². The van der Waals surface area contributed by atoms with Crippen molar-refractivity contribution in [2.24, 2.45) is 0 Å². The number of hydrogen-bond donors (Lipinski definition) is 0. The van der Waals surface area contributed by atoms with Gasteiger partial charge in [0.2, 0.25) is 5.95 Å². The second-order valence-electron chi connectivity index (χ2n) is 6.39. The van der Waals surface area contributed by atoms with Crippen LogP contribution in [0.25, 0.3) is 0 Å². The van der Waals surface area contributed by atoms with Crippen LogP contribution in [0.15, 0.2) is 12.1 Å². The first-order chi connectivity index (χ1) is 8.62. The van der Waals surface area contributed by atoms with Crippen LogP contribution in [0.5, 0.6) is 0 Å². The van der Waals surface area contributed by atoms with Gasteiger partial charge in [0.05, 0.1) is 16.8 Å². The van der Waals surface area contributed by atoms with Crippen molar-refractivity contribution in [2.45, 2.75) is 58.7 Å². The Bertz CT molecular complexity index is 472. The van der Waals surface area contributed by atoms with E-state index in [-0.39, 0.29) is 5.92 Å². The fourth-order valence-corrected chi connectivity index (χ4v) is 1.96. The molecule has 0 aliphatic carbocycles. The second kappa shape index (κ2) is 4.56. The molecule has 0 aromatic carbocycles. The van der Waals surface area contributed by atoms with Crippen molar-refractivity contribution in [3.63, 3.8) is 0 Å². The molecule has 0 N–H and O–H groups in total. The van der Waals surface area contributed by atoms with Gasteiger partial charge in [-0.05, 0) is 51.3 Å². The number of halogens is 1. The topological polar surface area (TPSA) is 31.4 Å². The van der Waals surface area contributed by atoms with E-state index in [4.69, 9.17) is 9.31 Å². The highest BCUT2D eigenvalue weighted by Crippen LogP contribution is 2.36. The fraction of sp³-hybridized carbons (Fsp3) is 0.643. The summed E-state index contributed by atoms with van der Waals surface area (Å²) in [5, 5.41) is 0. The first-order valence-electron chi connectivity index (χ1n) is 6.65.